The second kappa shape index (κ2) is 8.09. The third-order valence-electron chi connectivity index (χ3n) is 4.75. The molecule has 0 aliphatic rings. The van der Waals surface area contributed by atoms with Gasteiger partial charge in [0, 0.05) is 23.6 Å². The molecule has 2 N–H and O–H groups in total. The Hall–Kier alpha value is -3.30. The number of hydrogen-bond donors (Lipinski definition) is 2. The van der Waals surface area contributed by atoms with Crippen molar-refractivity contribution in [2.75, 3.05) is 5.32 Å². The van der Waals surface area contributed by atoms with Crippen LogP contribution in [0.15, 0.2) is 59.1 Å². The molecule has 0 spiro atoms. The van der Waals surface area contributed by atoms with E-state index < -0.39 is 15.9 Å². The molecule has 0 bridgehead atoms. The predicted octanol–water partition coefficient (Wildman–Crippen LogP) is 4.54. The van der Waals surface area contributed by atoms with E-state index in [-0.39, 0.29) is 4.90 Å². The van der Waals surface area contributed by atoms with Gasteiger partial charge in [-0.25, -0.2) is 23.1 Å². The first-order valence-corrected chi connectivity index (χ1v) is 11.8. The number of nitrogens with zero attached hydrogens (tertiary/aromatic N) is 2. The topological polar surface area (TPSA) is 101 Å². The number of aryl methyl sites for hydroxylation is 2. The summed E-state index contributed by atoms with van der Waals surface area (Å²) in [4.78, 5) is 20.8. The maximum atomic E-state index is 12.1. The fourth-order valence-electron chi connectivity index (χ4n) is 3.39. The summed E-state index contributed by atoms with van der Waals surface area (Å²) in [6, 6.07) is 12.5. The largest absolute Gasteiger partial charge is 0.340 e. The normalized spacial score (nSPS) is 11.5. The average molecular weight is 453 g/mol. The third kappa shape index (κ3) is 4.28. The van der Waals surface area contributed by atoms with Gasteiger partial charge in [-0.15, -0.1) is 11.3 Å². The van der Waals surface area contributed by atoms with Crippen LogP contribution in [0.4, 0.5) is 11.5 Å². The number of benzene rings is 2. The highest BCUT2D eigenvalue weighted by Crippen LogP contribution is 2.38. The quantitative estimate of drug-likeness (QED) is 0.461. The summed E-state index contributed by atoms with van der Waals surface area (Å²) in [6.45, 7) is 5.30. The molecule has 9 heteroatoms. The van der Waals surface area contributed by atoms with E-state index in [0.717, 1.165) is 28.3 Å². The van der Waals surface area contributed by atoms with Crippen LogP contribution in [0.25, 0.3) is 21.3 Å². The van der Waals surface area contributed by atoms with E-state index in [1.807, 2.05) is 4.72 Å². The van der Waals surface area contributed by atoms with Crippen molar-refractivity contribution in [3.05, 3.63) is 65.3 Å². The summed E-state index contributed by atoms with van der Waals surface area (Å²) in [5.41, 5.74) is 5.20. The summed E-state index contributed by atoms with van der Waals surface area (Å²) in [5, 5.41) is 6.25. The van der Waals surface area contributed by atoms with Gasteiger partial charge >= 0.3 is 0 Å². The monoisotopic (exact) mass is 452 g/mol. The lowest BCUT2D eigenvalue weighted by molar-refractivity contribution is -0.117. The van der Waals surface area contributed by atoms with Crippen LogP contribution in [0.5, 0.6) is 0 Å². The Kier molecular flexibility index (Phi) is 5.47. The van der Waals surface area contributed by atoms with Gasteiger partial charge in [-0.05, 0) is 49.2 Å². The van der Waals surface area contributed by atoms with E-state index in [1.165, 1.54) is 29.6 Å². The van der Waals surface area contributed by atoms with Gasteiger partial charge in [0.15, 0.2) is 0 Å². The first-order chi connectivity index (χ1) is 14.7. The number of carbonyl (C=O) groups is 1. The summed E-state index contributed by atoms with van der Waals surface area (Å²) < 4.78 is 26.2. The molecule has 2 aromatic carbocycles. The van der Waals surface area contributed by atoms with E-state index in [1.54, 1.807) is 23.5 Å². The first-order valence-electron chi connectivity index (χ1n) is 9.45. The number of hydrogen-bond acceptors (Lipinski definition) is 7. The molecule has 0 aliphatic heterocycles. The van der Waals surface area contributed by atoms with Crippen molar-refractivity contribution in [2.24, 2.45) is 0 Å². The first kappa shape index (κ1) is 21.0. The number of thiophene rings is 1. The van der Waals surface area contributed by atoms with E-state index >= 15 is 0 Å². The molecule has 0 unspecified atom stereocenters. The van der Waals surface area contributed by atoms with Crippen molar-refractivity contribution >= 4 is 49.0 Å². The lowest BCUT2D eigenvalue weighted by atomic mass is 9.99. The van der Waals surface area contributed by atoms with Crippen LogP contribution < -0.4 is 10.0 Å². The summed E-state index contributed by atoms with van der Waals surface area (Å²) in [6.07, 6.45) is 1.50. The minimum atomic E-state index is -3.88. The Balaban J connectivity index is 1.71. The van der Waals surface area contributed by atoms with Gasteiger partial charge < -0.3 is 5.32 Å². The van der Waals surface area contributed by atoms with Gasteiger partial charge in [-0.2, -0.15) is 0 Å². The van der Waals surface area contributed by atoms with Crippen LogP contribution >= 0.6 is 11.3 Å². The van der Waals surface area contributed by atoms with E-state index in [4.69, 9.17) is 0 Å². The fraction of sp³-hybridized carbons (Fsp3) is 0.136. The average Bonchev–Trinajstić information content (AvgIpc) is 3.12. The smallest absolute Gasteiger partial charge is 0.264 e. The Bertz CT molecular complexity index is 1390. The van der Waals surface area contributed by atoms with Gasteiger partial charge in [0.2, 0.25) is 5.91 Å². The van der Waals surface area contributed by atoms with Gasteiger partial charge in [-0.1, -0.05) is 23.8 Å². The lowest BCUT2D eigenvalue weighted by Crippen LogP contribution is -2.28. The number of fused-ring (bicyclic) bond motifs is 1. The molecule has 31 heavy (non-hydrogen) atoms. The van der Waals surface area contributed by atoms with Gasteiger partial charge in [0.25, 0.3) is 10.0 Å². The molecule has 1 amide bonds. The standard InChI is InChI=1S/C22H20N4O3S2/c1-13-4-9-18(14(2)10-13)19-11-30-22-20(19)21(23-12-24-22)25-16-5-7-17(8-6-16)31(28,29)26-15(3)27/h4-12H,1-3H3,(H,26,27)(H,23,24,25). The van der Waals surface area contributed by atoms with Gasteiger partial charge in [0.05, 0.1) is 10.3 Å². The molecule has 0 fully saturated rings. The molecular weight excluding hydrogens is 432 g/mol. The highest BCUT2D eigenvalue weighted by Gasteiger charge is 2.17. The van der Waals surface area contributed by atoms with Crippen LogP contribution in [-0.4, -0.2) is 24.3 Å². The zero-order valence-corrected chi connectivity index (χ0v) is 18.8. The van der Waals surface area contributed by atoms with Crippen molar-refractivity contribution in [2.45, 2.75) is 25.7 Å². The highest BCUT2D eigenvalue weighted by atomic mass is 32.2. The Labute approximate surface area is 184 Å². The number of amides is 1. The molecule has 0 saturated heterocycles. The summed E-state index contributed by atoms with van der Waals surface area (Å²) in [5.74, 6) is 0.000610. The summed E-state index contributed by atoms with van der Waals surface area (Å²) >= 11 is 1.55. The number of anilines is 2. The Morgan fingerprint density at radius 2 is 1.74 bits per heavy atom. The minimum Gasteiger partial charge on any atom is -0.340 e. The van der Waals surface area contributed by atoms with Crippen LogP contribution in [0.2, 0.25) is 0 Å². The number of sulfonamides is 1. The number of nitrogens with one attached hydrogen (secondary N) is 2. The molecule has 2 aromatic heterocycles. The van der Waals surface area contributed by atoms with Crippen molar-refractivity contribution < 1.29 is 13.2 Å². The SMILES string of the molecule is CC(=O)NS(=O)(=O)c1ccc(Nc2ncnc3scc(-c4ccc(C)cc4C)c23)cc1. The second-order valence-electron chi connectivity index (χ2n) is 7.18. The molecule has 158 valence electrons. The Morgan fingerprint density at radius 1 is 1.00 bits per heavy atom. The third-order valence-corrected chi connectivity index (χ3v) is 7.08. The number of rotatable bonds is 5. The van der Waals surface area contributed by atoms with Crippen molar-refractivity contribution in [3.63, 3.8) is 0 Å². The highest BCUT2D eigenvalue weighted by molar-refractivity contribution is 7.90. The van der Waals surface area contributed by atoms with E-state index in [2.05, 4.69) is 52.7 Å². The predicted molar refractivity (Wildman–Crippen MR) is 123 cm³/mol. The van der Waals surface area contributed by atoms with Crippen LogP contribution in [0.1, 0.15) is 18.1 Å². The van der Waals surface area contributed by atoms with Crippen molar-refractivity contribution in [3.8, 4) is 11.1 Å². The maximum absolute atomic E-state index is 12.1. The molecular formula is C22H20N4O3S2. The van der Waals surface area contributed by atoms with Gasteiger partial charge in [0.1, 0.15) is 17.0 Å². The molecule has 4 aromatic rings. The molecule has 0 aliphatic carbocycles. The lowest BCUT2D eigenvalue weighted by Gasteiger charge is -2.11. The van der Waals surface area contributed by atoms with Crippen LogP contribution in [0.3, 0.4) is 0 Å². The molecule has 4 rings (SSSR count). The van der Waals surface area contributed by atoms with Crippen molar-refractivity contribution in [1.29, 1.82) is 0 Å². The molecule has 2 heterocycles. The fourth-order valence-corrected chi connectivity index (χ4v) is 5.28. The zero-order valence-electron chi connectivity index (χ0n) is 17.1. The summed E-state index contributed by atoms with van der Waals surface area (Å²) in [7, 11) is -3.88. The number of aromatic nitrogens is 2. The Morgan fingerprint density at radius 3 is 2.42 bits per heavy atom. The molecule has 0 atom stereocenters. The molecule has 7 nitrogen and oxygen atoms in total. The minimum absolute atomic E-state index is 0.00703. The zero-order chi connectivity index (χ0) is 22.2. The molecule has 0 radical (unpaired) electrons. The maximum Gasteiger partial charge on any atom is 0.264 e. The number of carbonyl (C=O) groups excluding carboxylic acids is 1. The van der Waals surface area contributed by atoms with Crippen LogP contribution in [0, 0.1) is 13.8 Å². The second-order valence-corrected chi connectivity index (χ2v) is 9.72. The van der Waals surface area contributed by atoms with Gasteiger partial charge in [-0.3, -0.25) is 4.79 Å². The van der Waals surface area contributed by atoms with E-state index in [0.29, 0.717) is 11.5 Å². The van der Waals surface area contributed by atoms with Crippen LogP contribution in [-0.2, 0) is 14.8 Å². The van der Waals surface area contributed by atoms with Crippen molar-refractivity contribution in [1.82, 2.24) is 14.7 Å². The molecule has 0 saturated carbocycles. The van der Waals surface area contributed by atoms with E-state index in [9.17, 15) is 13.2 Å².